The molecular formula is C13H20O4. The Morgan fingerprint density at radius 1 is 1.12 bits per heavy atom. The van der Waals surface area contributed by atoms with E-state index in [-0.39, 0.29) is 0 Å². The van der Waals surface area contributed by atoms with Crippen LogP contribution in [0.25, 0.3) is 0 Å². The van der Waals surface area contributed by atoms with Crippen LogP contribution >= 0.6 is 0 Å². The second-order valence-electron chi connectivity index (χ2n) is 4.09. The van der Waals surface area contributed by atoms with Gasteiger partial charge in [-0.25, -0.2) is 0 Å². The zero-order valence-corrected chi connectivity index (χ0v) is 10.8. The molecule has 1 aromatic rings. The van der Waals surface area contributed by atoms with Crippen molar-refractivity contribution in [2.24, 2.45) is 0 Å². The predicted molar refractivity (Wildman–Crippen MR) is 65.6 cm³/mol. The van der Waals surface area contributed by atoms with Crippen molar-refractivity contribution in [3.05, 3.63) is 23.8 Å². The van der Waals surface area contributed by atoms with Crippen LogP contribution in [-0.4, -0.2) is 33.0 Å². The highest BCUT2D eigenvalue weighted by Gasteiger charge is 2.24. The highest BCUT2D eigenvalue weighted by atomic mass is 16.5. The summed E-state index contributed by atoms with van der Waals surface area (Å²) in [7, 11) is 4.77. The first-order chi connectivity index (χ1) is 8.05. The molecule has 0 aliphatic rings. The zero-order chi connectivity index (χ0) is 12.9. The monoisotopic (exact) mass is 240 g/mol. The van der Waals surface area contributed by atoms with Gasteiger partial charge in [0, 0.05) is 20.1 Å². The molecule has 0 heterocycles. The van der Waals surface area contributed by atoms with E-state index in [2.05, 4.69) is 0 Å². The Balaban J connectivity index is 2.98. The van der Waals surface area contributed by atoms with Crippen molar-refractivity contribution in [3.63, 3.8) is 0 Å². The third kappa shape index (κ3) is 3.35. The summed E-state index contributed by atoms with van der Waals surface area (Å²) in [5.74, 6) is 1.27. The first kappa shape index (κ1) is 13.8. The lowest BCUT2D eigenvalue weighted by Crippen LogP contribution is -2.23. The van der Waals surface area contributed by atoms with Gasteiger partial charge in [0.15, 0.2) is 11.5 Å². The summed E-state index contributed by atoms with van der Waals surface area (Å²) in [5.41, 5.74) is -0.151. The molecule has 0 bridgehead atoms. The van der Waals surface area contributed by atoms with E-state index in [9.17, 15) is 5.11 Å². The fraction of sp³-hybridized carbons (Fsp3) is 0.538. The minimum absolute atomic E-state index is 0.501. The molecular weight excluding hydrogens is 220 g/mol. The third-order valence-corrected chi connectivity index (χ3v) is 2.80. The van der Waals surface area contributed by atoms with E-state index < -0.39 is 5.60 Å². The molecule has 96 valence electrons. The van der Waals surface area contributed by atoms with Crippen LogP contribution < -0.4 is 9.47 Å². The van der Waals surface area contributed by atoms with E-state index in [0.29, 0.717) is 24.5 Å². The van der Waals surface area contributed by atoms with Crippen molar-refractivity contribution in [1.29, 1.82) is 0 Å². The Kier molecular flexibility index (Phi) is 4.78. The van der Waals surface area contributed by atoms with Gasteiger partial charge in [-0.15, -0.1) is 0 Å². The maximum atomic E-state index is 10.3. The Hall–Kier alpha value is -1.26. The number of hydrogen-bond donors (Lipinski definition) is 1. The van der Waals surface area contributed by atoms with Crippen LogP contribution in [0.1, 0.15) is 18.9 Å². The topological polar surface area (TPSA) is 47.9 Å². The number of rotatable bonds is 6. The molecule has 0 radical (unpaired) electrons. The number of benzene rings is 1. The van der Waals surface area contributed by atoms with Crippen molar-refractivity contribution < 1.29 is 19.3 Å². The van der Waals surface area contributed by atoms with Gasteiger partial charge in [0.05, 0.1) is 19.8 Å². The second kappa shape index (κ2) is 5.89. The van der Waals surface area contributed by atoms with Crippen molar-refractivity contribution >= 4 is 0 Å². The van der Waals surface area contributed by atoms with Crippen LogP contribution in [0.5, 0.6) is 11.5 Å². The maximum Gasteiger partial charge on any atom is 0.161 e. The Morgan fingerprint density at radius 2 is 1.76 bits per heavy atom. The van der Waals surface area contributed by atoms with Gasteiger partial charge in [-0.3, -0.25) is 0 Å². The molecule has 0 fully saturated rings. The third-order valence-electron chi connectivity index (χ3n) is 2.80. The van der Waals surface area contributed by atoms with E-state index in [1.54, 1.807) is 40.4 Å². The fourth-order valence-corrected chi connectivity index (χ4v) is 1.62. The van der Waals surface area contributed by atoms with E-state index >= 15 is 0 Å². The standard InChI is InChI=1S/C13H20O4/c1-13(14,7-8-15-2)10-5-6-11(16-3)12(9-10)17-4/h5-6,9,14H,7-8H2,1-4H3. The fourth-order valence-electron chi connectivity index (χ4n) is 1.62. The number of aliphatic hydroxyl groups is 1. The van der Waals surface area contributed by atoms with Gasteiger partial charge < -0.3 is 19.3 Å². The summed E-state index contributed by atoms with van der Waals surface area (Å²) in [5, 5.41) is 10.3. The summed E-state index contributed by atoms with van der Waals surface area (Å²) < 4.78 is 15.3. The van der Waals surface area contributed by atoms with E-state index in [4.69, 9.17) is 14.2 Å². The van der Waals surface area contributed by atoms with Gasteiger partial charge in [-0.2, -0.15) is 0 Å². The smallest absolute Gasteiger partial charge is 0.161 e. The largest absolute Gasteiger partial charge is 0.493 e. The molecule has 1 N–H and O–H groups in total. The quantitative estimate of drug-likeness (QED) is 0.825. The summed E-state index contributed by atoms with van der Waals surface area (Å²) in [6.07, 6.45) is 0.527. The van der Waals surface area contributed by atoms with Gasteiger partial charge in [-0.05, 0) is 24.6 Å². The minimum Gasteiger partial charge on any atom is -0.493 e. The Morgan fingerprint density at radius 3 is 2.29 bits per heavy atom. The molecule has 0 aliphatic heterocycles. The lowest BCUT2D eigenvalue weighted by Gasteiger charge is -2.24. The van der Waals surface area contributed by atoms with E-state index in [1.807, 2.05) is 6.07 Å². The van der Waals surface area contributed by atoms with Gasteiger partial charge in [-0.1, -0.05) is 6.07 Å². The Labute approximate surface area is 102 Å². The molecule has 17 heavy (non-hydrogen) atoms. The van der Waals surface area contributed by atoms with Crippen molar-refractivity contribution in [3.8, 4) is 11.5 Å². The normalized spacial score (nSPS) is 14.2. The minimum atomic E-state index is -0.935. The molecule has 1 atom stereocenters. The van der Waals surface area contributed by atoms with Gasteiger partial charge in [0.1, 0.15) is 0 Å². The zero-order valence-electron chi connectivity index (χ0n) is 10.8. The van der Waals surface area contributed by atoms with Crippen LogP contribution in [0.4, 0.5) is 0 Å². The maximum absolute atomic E-state index is 10.3. The molecule has 0 aliphatic carbocycles. The van der Waals surface area contributed by atoms with E-state index in [1.165, 1.54) is 0 Å². The molecule has 1 aromatic carbocycles. The Bertz CT molecular complexity index is 360. The molecule has 4 nitrogen and oxygen atoms in total. The molecule has 0 saturated heterocycles. The van der Waals surface area contributed by atoms with Crippen molar-refractivity contribution in [2.75, 3.05) is 27.9 Å². The molecule has 0 aromatic heterocycles. The molecule has 0 amide bonds. The average Bonchev–Trinajstić information content (AvgIpc) is 2.35. The van der Waals surface area contributed by atoms with Crippen molar-refractivity contribution in [1.82, 2.24) is 0 Å². The highest BCUT2D eigenvalue weighted by molar-refractivity contribution is 5.44. The SMILES string of the molecule is COCCC(C)(O)c1ccc(OC)c(OC)c1. The second-order valence-corrected chi connectivity index (χ2v) is 4.09. The summed E-state index contributed by atoms with van der Waals surface area (Å²) in [6, 6.07) is 5.40. The summed E-state index contributed by atoms with van der Waals surface area (Å²) >= 11 is 0. The number of ether oxygens (including phenoxy) is 3. The molecule has 0 saturated carbocycles. The number of methoxy groups -OCH3 is 3. The lowest BCUT2D eigenvalue weighted by atomic mass is 9.92. The molecule has 4 heteroatoms. The first-order valence-electron chi connectivity index (χ1n) is 5.49. The lowest BCUT2D eigenvalue weighted by molar-refractivity contribution is 0.0208. The van der Waals surface area contributed by atoms with Crippen LogP contribution in [0.2, 0.25) is 0 Å². The highest BCUT2D eigenvalue weighted by Crippen LogP contribution is 2.33. The molecule has 0 spiro atoms. The van der Waals surface area contributed by atoms with Gasteiger partial charge >= 0.3 is 0 Å². The van der Waals surface area contributed by atoms with Crippen LogP contribution in [0.3, 0.4) is 0 Å². The van der Waals surface area contributed by atoms with Crippen LogP contribution in [0.15, 0.2) is 18.2 Å². The molecule has 1 rings (SSSR count). The first-order valence-corrected chi connectivity index (χ1v) is 5.49. The predicted octanol–water partition coefficient (Wildman–Crippen LogP) is 1.95. The molecule has 1 unspecified atom stereocenters. The summed E-state index contributed by atoms with van der Waals surface area (Å²) in [4.78, 5) is 0. The van der Waals surface area contributed by atoms with Crippen LogP contribution in [0, 0.1) is 0 Å². The van der Waals surface area contributed by atoms with Gasteiger partial charge in [0.2, 0.25) is 0 Å². The summed E-state index contributed by atoms with van der Waals surface area (Å²) in [6.45, 7) is 2.26. The van der Waals surface area contributed by atoms with Crippen LogP contribution in [-0.2, 0) is 10.3 Å². The average molecular weight is 240 g/mol. The number of hydrogen-bond acceptors (Lipinski definition) is 4. The van der Waals surface area contributed by atoms with E-state index in [0.717, 1.165) is 5.56 Å². The van der Waals surface area contributed by atoms with Gasteiger partial charge in [0.25, 0.3) is 0 Å². The van der Waals surface area contributed by atoms with Crippen molar-refractivity contribution in [2.45, 2.75) is 18.9 Å².